The predicted molar refractivity (Wildman–Crippen MR) is 75.5 cm³/mol. The number of nitrogen functional groups attached to an aromatic ring is 1. The Morgan fingerprint density at radius 1 is 1.37 bits per heavy atom. The van der Waals surface area contributed by atoms with Crippen LogP contribution in [0.15, 0.2) is 24.3 Å². The maximum atomic E-state index is 8.75. The molecular formula is C14H17N5. The number of anilines is 2. The molecule has 0 saturated heterocycles. The topological polar surface area (TPSA) is 79.7 Å². The van der Waals surface area contributed by atoms with Crippen molar-refractivity contribution >= 4 is 11.5 Å². The molecule has 0 radical (unpaired) electrons. The van der Waals surface area contributed by atoms with E-state index in [2.05, 4.69) is 16.5 Å². The van der Waals surface area contributed by atoms with Gasteiger partial charge in [0, 0.05) is 13.1 Å². The SMILES string of the molecule is CCn1nc(C)c(N)c1NCc1ccc(C#N)cc1. The first-order valence-corrected chi connectivity index (χ1v) is 6.21. The number of aryl methyl sites for hydroxylation is 2. The predicted octanol–water partition coefficient (Wildman–Crippen LogP) is 2.28. The summed E-state index contributed by atoms with van der Waals surface area (Å²) in [5.74, 6) is 0.851. The van der Waals surface area contributed by atoms with E-state index in [1.807, 2.05) is 42.8 Å². The maximum absolute atomic E-state index is 8.75. The van der Waals surface area contributed by atoms with Crippen LogP contribution >= 0.6 is 0 Å². The van der Waals surface area contributed by atoms with Crippen molar-refractivity contribution in [3.63, 3.8) is 0 Å². The van der Waals surface area contributed by atoms with E-state index < -0.39 is 0 Å². The molecule has 3 N–H and O–H groups in total. The van der Waals surface area contributed by atoms with Gasteiger partial charge in [-0.25, -0.2) is 4.68 Å². The number of hydrogen-bond acceptors (Lipinski definition) is 4. The van der Waals surface area contributed by atoms with Gasteiger partial charge in [0.15, 0.2) is 0 Å². The van der Waals surface area contributed by atoms with Crippen LogP contribution in [0.1, 0.15) is 23.7 Å². The molecule has 0 amide bonds. The maximum Gasteiger partial charge on any atom is 0.148 e. The third-order valence-corrected chi connectivity index (χ3v) is 3.02. The lowest BCUT2D eigenvalue weighted by molar-refractivity contribution is 0.657. The van der Waals surface area contributed by atoms with E-state index in [9.17, 15) is 0 Å². The second-order valence-corrected chi connectivity index (χ2v) is 4.33. The molecule has 0 atom stereocenters. The monoisotopic (exact) mass is 255 g/mol. The quantitative estimate of drug-likeness (QED) is 0.878. The number of nitrogens with zero attached hydrogens (tertiary/aromatic N) is 3. The number of hydrogen-bond donors (Lipinski definition) is 2. The van der Waals surface area contributed by atoms with E-state index in [1.165, 1.54) is 0 Å². The average molecular weight is 255 g/mol. The smallest absolute Gasteiger partial charge is 0.148 e. The van der Waals surface area contributed by atoms with Gasteiger partial charge in [0.05, 0.1) is 23.0 Å². The number of nitrogens with one attached hydrogen (secondary N) is 1. The van der Waals surface area contributed by atoms with Crippen molar-refractivity contribution in [3.8, 4) is 6.07 Å². The van der Waals surface area contributed by atoms with Crippen molar-refractivity contribution < 1.29 is 0 Å². The van der Waals surface area contributed by atoms with Gasteiger partial charge in [-0.3, -0.25) is 0 Å². The number of nitrogens with two attached hydrogens (primary N) is 1. The third kappa shape index (κ3) is 2.68. The Morgan fingerprint density at radius 3 is 2.63 bits per heavy atom. The summed E-state index contributed by atoms with van der Waals surface area (Å²) < 4.78 is 1.86. The molecular weight excluding hydrogens is 238 g/mol. The summed E-state index contributed by atoms with van der Waals surface area (Å²) >= 11 is 0. The van der Waals surface area contributed by atoms with E-state index in [4.69, 9.17) is 11.0 Å². The lowest BCUT2D eigenvalue weighted by Crippen LogP contribution is -2.08. The van der Waals surface area contributed by atoms with E-state index in [1.54, 1.807) is 0 Å². The molecule has 2 rings (SSSR count). The molecule has 0 aliphatic carbocycles. The Kier molecular flexibility index (Phi) is 3.71. The van der Waals surface area contributed by atoms with Crippen LogP contribution in [0.3, 0.4) is 0 Å². The zero-order chi connectivity index (χ0) is 13.8. The van der Waals surface area contributed by atoms with Crippen molar-refractivity contribution in [2.75, 3.05) is 11.1 Å². The number of nitriles is 1. The van der Waals surface area contributed by atoms with Gasteiger partial charge >= 0.3 is 0 Å². The van der Waals surface area contributed by atoms with Crippen LogP contribution in [0.25, 0.3) is 0 Å². The summed E-state index contributed by atoms with van der Waals surface area (Å²) in [4.78, 5) is 0. The van der Waals surface area contributed by atoms with Gasteiger partial charge in [0.2, 0.25) is 0 Å². The van der Waals surface area contributed by atoms with Crippen molar-refractivity contribution in [1.82, 2.24) is 9.78 Å². The Labute approximate surface area is 112 Å². The fourth-order valence-electron chi connectivity index (χ4n) is 1.89. The molecule has 0 aliphatic heterocycles. The minimum Gasteiger partial charge on any atom is -0.394 e. The highest BCUT2D eigenvalue weighted by Crippen LogP contribution is 2.22. The van der Waals surface area contributed by atoms with Crippen LogP contribution in [0, 0.1) is 18.3 Å². The second kappa shape index (κ2) is 5.44. The second-order valence-electron chi connectivity index (χ2n) is 4.33. The van der Waals surface area contributed by atoms with Crippen LogP contribution in [-0.4, -0.2) is 9.78 Å². The van der Waals surface area contributed by atoms with Crippen LogP contribution < -0.4 is 11.1 Å². The highest BCUT2D eigenvalue weighted by atomic mass is 15.3. The van der Waals surface area contributed by atoms with Crippen molar-refractivity contribution in [3.05, 3.63) is 41.1 Å². The van der Waals surface area contributed by atoms with Crippen molar-refractivity contribution in [2.45, 2.75) is 26.9 Å². The summed E-state index contributed by atoms with van der Waals surface area (Å²) in [6.07, 6.45) is 0. The Hall–Kier alpha value is -2.48. The van der Waals surface area contributed by atoms with E-state index in [0.29, 0.717) is 17.8 Å². The highest BCUT2D eigenvalue weighted by molar-refractivity contribution is 5.64. The van der Waals surface area contributed by atoms with Gasteiger partial charge in [-0.15, -0.1) is 0 Å². The largest absolute Gasteiger partial charge is 0.394 e. The first kappa shape index (κ1) is 13.0. The van der Waals surface area contributed by atoms with Gasteiger partial charge in [0.1, 0.15) is 5.82 Å². The van der Waals surface area contributed by atoms with E-state index in [-0.39, 0.29) is 0 Å². The number of rotatable bonds is 4. The van der Waals surface area contributed by atoms with Gasteiger partial charge in [0.25, 0.3) is 0 Å². The number of aromatic nitrogens is 2. The first-order chi connectivity index (χ1) is 9.15. The van der Waals surface area contributed by atoms with E-state index >= 15 is 0 Å². The molecule has 0 bridgehead atoms. The summed E-state index contributed by atoms with van der Waals surface area (Å²) in [5.41, 5.74) is 9.29. The molecule has 0 saturated carbocycles. The molecule has 5 nitrogen and oxygen atoms in total. The summed E-state index contributed by atoms with van der Waals surface area (Å²) in [6, 6.07) is 9.58. The molecule has 0 spiro atoms. The normalized spacial score (nSPS) is 10.2. The lowest BCUT2D eigenvalue weighted by Gasteiger charge is -2.09. The fourth-order valence-corrected chi connectivity index (χ4v) is 1.89. The first-order valence-electron chi connectivity index (χ1n) is 6.21. The lowest BCUT2D eigenvalue weighted by atomic mass is 10.1. The molecule has 5 heteroatoms. The minimum absolute atomic E-state index is 0.654. The molecule has 1 heterocycles. The molecule has 0 fully saturated rings. The molecule has 0 unspecified atom stereocenters. The van der Waals surface area contributed by atoms with Crippen LogP contribution in [-0.2, 0) is 13.1 Å². The zero-order valence-electron chi connectivity index (χ0n) is 11.1. The highest BCUT2D eigenvalue weighted by Gasteiger charge is 2.10. The van der Waals surface area contributed by atoms with Crippen LogP contribution in [0.2, 0.25) is 0 Å². The summed E-state index contributed by atoms with van der Waals surface area (Å²) in [7, 11) is 0. The summed E-state index contributed by atoms with van der Waals surface area (Å²) in [6.45, 7) is 5.35. The molecule has 2 aromatic rings. The molecule has 1 aromatic heterocycles. The zero-order valence-corrected chi connectivity index (χ0v) is 11.1. The third-order valence-electron chi connectivity index (χ3n) is 3.02. The average Bonchev–Trinajstić information content (AvgIpc) is 2.72. The molecule has 1 aromatic carbocycles. The van der Waals surface area contributed by atoms with Gasteiger partial charge in [-0.05, 0) is 31.5 Å². The standard InChI is InChI=1S/C14H17N5/c1-3-19-14(13(16)10(2)18-19)17-9-12-6-4-11(8-15)5-7-12/h4-7,17H,3,9,16H2,1-2H3. The Bertz CT molecular complexity index is 604. The van der Waals surface area contributed by atoms with Crippen molar-refractivity contribution in [1.29, 1.82) is 5.26 Å². The minimum atomic E-state index is 0.654. The van der Waals surface area contributed by atoms with Gasteiger partial charge in [-0.2, -0.15) is 10.4 Å². The molecule has 0 aliphatic rings. The number of benzene rings is 1. The fraction of sp³-hybridized carbons (Fsp3) is 0.286. The Morgan fingerprint density at radius 2 is 2.05 bits per heavy atom. The summed E-state index contributed by atoms with van der Waals surface area (Å²) in [5, 5.41) is 16.4. The Balaban J connectivity index is 2.12. The van der Waals surface area contributed by atoms with Crippen LogP contribution in [0.4, 0.5) is 11.5 Å². The molecule has 19 heavy (non-hydrogen) atoms. The van der Waals surface area contributed by atoms with Crippen LogP contribution in [0.5, 0.6) is 0 Å². The molecule has 98 valence electrons. The van der Waals surface area contributed by atoms with E-state index in [0.717, 1.165) is 23.6 Å². The van der Waals surface area contributed by atoms with Gasteiger partial charge < -0.3 is 11.1 Å². The van der Waals surface area contributed by atoms with Crippen molar-refractivity contribution in [2.24, 2.45) is 0 Å². The van der Waals surface area contributed by atoms with Gasteiger partial charge in [-0.1, -0.05) is 12.1 Å².